The summed E-state index contributed by atoms with van der Waals surface area (Å²) in [4.78, 5) is 14.4. The molecule has 1 aliphatic heterocycles. The number of aliphatic hydroxyl groups excluding tert-OH is 1. The van der Waals surface area contributed by atoms with Crippen LogP contribution in [0.15, 0.2) is 36.9 Å². The van der Waals surface area contributed by atoms with E-state index < -0.39 is 0 Å². The van der Waals surface area contributed by atoms with Crippen molar-refractivity contribution in [3.05, 3.63) is 42.5 Å². The molecule has 0 spiro atoms. The quantitative estimate of drug-likeness (QED) is 0.838. The summed E-state index contributed by atoms with van der Waals surface area (Å²) >= 11 is 0. The van der Waals surface area contributed by atoms with Crippen LogP contribution in [0.3, 0.4) is 0 Å². The van der Waals surface area contributed by atoms with E-state index in [-0.39, 0.29) is 18.6 Å². The second-order valence-electron chi connectivity index (χ2n) is 4.93. The molecule has 2 rings (SSSR count). The molecule has 0 radical (unpaired) electrons. The van der Waals surface area contributed by atoms with Gasteiger partial charge in [-0.2, -0.15) is 0 Å². The van der Waals surface area contributed by atoms with Crippen molar-refractivity contribution in [3.63, 3.8) is 0 Å². The number of piperidine rings is 1. The van der Waals surface area contributed by atoms with E-state index in [1.165, 1.54) is 0 Å². The Balaban J connectivity index is 2.21. The highest BCUT2D eigenvalue weighted by Crippen LogP contribution is 2.24. The highest BCUT2D eigenvalue weighted by Gasteiger charge is 2.28. The SMILES string of the molecule is C=CCOc1ccccc1C(=O)N1CCCCC1CO. The van der Waals surface area contributed by atoms with E-state index in [9.17, 15) is 9.90 Å². The Labute approximate surface area is 119 Å². The molecule has 1 amide bonds. The van der Waals surface area contributed by atoms with Gasteiger partial charge in [0.2, 0.25) is 0 Å². The van der Waals surface area contributed by atoms with Gasteiger partial charge in [-0.05, 0) is 31.4 Å². The van der Waals surface area contributed by atoms with E-state index in [0.29, 0.717) is 24.5 Å². The fourth-order valence-electron chi connectivity index (χ4n) is 2.53. The zero-order valence-corrected chi connectivity index (χ0v) is 11.6. The number of rotatable bonds is 5. The van der Waals surface area contributed by atoms with Crippen molar-refractivity contribution in [2.24, 2.45) is 0 Å². The highest BCUT2D eigenvalue weighted by atomic mass is 16.5. The molecule has 1 aliphatic rings. The molecule has 1 aromatic carbocycles. The number of aliphatic hydroxyl groups is 1. The minimum atomic E-state index is -0.0799. The van der Waals surface area contributed by atoms with Crippen LogP contribution in [0.2, 0.25) is 0 Å². The zero-order chi connectivity index (χ0) is 14.4. The maximum Gasteiger partial charge on any atom is 0.257 e. The number of para-hydroxylation sites is 1. The van der Waals surface area contributed by atoms with Crippen molar-refractivity contribution in [2.45, 2.75) is 25.3 Å². The summed E-state index contributed by atoms with van der Waals surface area (Å²) in [6, 6.07) is 7.14. The van der Waals surface area contributed by atoms with Crippen LogP contribution in [0, 0.1) is 0 Å². The molecule has 1 fully saturated rings. The van der Waals surface area contributed by atoms with Gasteiger partial charge in [-0.1, -0.05) is 24.8 Å². The molecule has 4 nitrogen and oxygen atoms in total. The van der Waals surface area contributed by atoms with Gasteiger partial charge in [0.1, 0.15) is 12.4 Å². The predicted octanol–water partition coefficient (Wildman–Crippen LogP) is 2.24. The number of hydrogen-bond donors (Lipinski definition) is 1. The van der Waals surface area contributed by atoms with Crippen molar-refractivity contribution in [1.82, 2.24) is 4.90 Å². The summed E-state index contributed by atoms with van der Waals surface area (Å²) in [5.41, 5.74) is 0.551. The first-order valence-corrected chi connectivity index (χ1v) is 7.02. The number of hydrogen-bond acceptors (Lipinski definition) is 3. The van der Waals surface area contributed by atoms with E-state index in [1.54, 1.807) is 23.1 Å². The Morgan fingerprint density at radius 1 is 1.45 bits per heavy atom. The third kappa shape index (κ3) is 3.20. The number of benzene rings is 1. The van der Waals surface area contributed by atoms with Crippen LogP contribution in [0.4, 0.5) is 0 Å². The fourth-order valence-corrected chi connectivity index (χ4v) is 2.53. The van der Waals surface area contributed by atoms with Crippen LogP contribution < -0.4 is 4.74 Å². The molecule has 1 saturated heterocycles. The molecule has 0 bridgehead atoms. The van der Waals surface area contributed by atoms with Crippen molar-refractivity contribution in [2.75, 3.05) is 19.8 Å². The van der Waals surface area contributed by atoms with Gasteiger partial charge in [-0.15, -0.1) is 0 Å². The number of likely N-dealkylation sites (tertiary alicyclic amines) is 1. The first-order valence-electron chi connectivity index (χ1n) is 7.02. The van der Waals surface area contributed by atoms with Gasteiger partial charge in [0.25, 0.3) is 5.91 Å². The Kier molecular flexibility index (Phi) is 5.18. The number of carbonyl (C=O) groups excluding carboxylic acids is 1. The Morgan fingerprint density at radius 2 is 2.25 bits per heavy atom. The Bertz CT molecular complexity index is 473. The number of ether oxygens (including phenoxy) is 1. The third-order valence-electron chi connectivity index (χ3n) is 3.57. The van der Waals surface area contributed by atoms with Crippen molar-refractivity contribution in [1.29, 1.82) is 0 Å². The van der Waals surface area contributed by atoms with Crippen LogP contribution in [0.5, 0.6) is 5.75 Å². The lowest BCUT2D eigenvalue weighted by Crippen LogP contribution is -2.45. The lowest BCUT2D eigenvalue weighted by Gasteiger charge is -2.35. The molecule has 1 unspecified atom stereocenters. The van der Waals surface area contributed by atoms with Gasteiger partial charge in [0.05, 0.1) is 18.2 Å². The fraction of sp³-hybridized carbons (Fsp3) is 0.438. The van der Waals surface area contributed by atoms with Crippen molar-refractivity contribution < 1.29 is 14.6 Å². The molecular formula is C16H21NO3. The molecule has 1 aromatic rings. The highest BCUT2D eigenvalue weighted by molar-refractivity contribution is 5.97. The van der Waals surface area contributed by atoms with E-state index in [4.69, 9.17) is 4.74 Å². The maximum atomic E-state index is 12.7. The zero-order valence-electron chi connectivity index (χ0n) is 11.6. The molecule has 0 aliphatic carbocycles. The van der Waals surface area contributed by atoms with E-state index in [1.807, 2.05) is 12.1 Å². The van der Waals surface area contributed by atoms with Crippen LogP contribution in [-0.4, -0.2) is 41.7 Å². The van der Waals surface area contributed by atoms with Crippen molar-refractivity contribution in [3.8, 4) is 5.75 Å². The molecule has 20 heavy (non-hydrogen) atoms. The van der Waals surface area contributed by atoms with Crippen LogP contribution in [-0.2, 0) is 0 Å². The lowest BCUT2D eigenvalue weighted by molar-refractivity contribution is 0.0499. The van der Waals surface area contributed by atoms with Gasteiger partial charge in [0.15, 0.2) is 0 Å². The monoisotopic (exact) mass is 275 g/mol. The summed E-state index contributed by atoms with van der Waals surface area (Å²) in [7, 11) is 0. The molecule has 1 heterocycles. The topological polar surface area (TPSA) is 49.8 Å². The Morgan fingerprint density at radius 3 is 3.00 bits per heavy atom. The maximum absolute atomic E-state index is 12.7. The molecule has 4 heteroatoms. The van der Waals surface area contributed by atoms with Gasteiger partial charge >= 0.3 is 0 Å². The Hall–Kier alpha value is -1.81. The lowest BCUT2D eigenvalue weighted by atomic mass is 10.0. The smallest absolute Gasteiger partial charge is 0.257 e. The average molecular weight is 275 g/mol. The third-order valence-corrected chi connectivity index (χ3v) is 3.57. The average Bonchev–Trinajstić information content (AvgIpc) is 2.52. The molecule has 108 valence electrons. The van der Waals surface area contributed by atoms with Crippen LogP contribution in [0.1, 0.15) is 29.6 Å². The first-order chi connectivity index (χ1) is 9.77. The van der Waals surface area contributed by atoms with E-state index in [2.05, 4.69) is 6.58 Å². The predicted molar refractivity (Wildman–Crippen MR) is 77.9 cm³/mol. The summed E-state index contributed by atoms with van der Waals surface area (Å²) in [6.45, 7) is 4.69. The van der Waals surface area contributed by atoms with Gasteiger partial charge < -0.3 is 14.7 Å². The summed E-state index contributed by atoms with van der Waals surface area (Å²) in [5.74, 6) is 0.503. The minimum absolute atomic E-state index is 0.0153. The largest absolute Gasteiger partial charge is 0.489 e. The van der Waals surface area contributed by atoms with Gasteiger partial charge in [0, 0.05) is 6.54 Å². The normalized spacial score (nSPS) is 18.6. The van der Waals surface area contributed by atoms with E-state index in [0.717, 1.165) is 19.3 Å². The van der Waals surface area contributed by atoms with Crippen LogP contribution in [0.25, 0.3) is 0 Å². The minimum Gasteiger partial charge on any atom is -0.489 e. The molecule has 0 saturated carbocycles. The second-order valence-corrected chi connectivity index (χ2v) is 4.93. The van der Waals surface area contributed by atoms with Crippen LogP contribution >= 0.6 is 0 Å². The first kappa shape index (κ1) is 14.6. The summed E-state index contributed by atoms with van der Waals surface area (Å²) in [5, 5.41) is 9.43. The van der Waals surface area contributed by atoms with Gasteiger partial charge in [-0.25, -0.2) is 0 Å². The van der Waals surface area contributed by atoms with E-state index >= 15 is 0 Å². The standard InChI is InChI=1S/C16H21NO3/c1-2-11-20-15-9-4-3-8-14(15)16(19)17-10-6-5-7-13(17)12-18/h2-4,8-9,13,18H,1,5-7,10-12H2. The summed E-state index contributed by atoms with van der Waals surface area (Å²) < 4.78 is 5.54. The van der Waals surface area contributed by atoms with Gasteiger partial charge in [-0.3, -0.25) is 4.79 Å². The molecule has 1 atom stereocenters. The van der Waals surface area contributed by atoms with Crippen molar-refractivity contribution >= 4 is 5.91 Å². The number of nitrogens with zero attached hydrogens (tertiary/aromatic N) is 1. The number of carbonyl (C=O) groups is 1. The second kappa shape index (κ2) is 7.10. The molecule has 1 N–H and O–H groups in total. The molecule has 0 aromatic heterocycles. The number of amides is 1. The molecular weight excluding hydrogens is 254 g/mol. The summed E-state index contributed by atoms with van der Waals surface area (Å²) in [6.07, 6.45) is 4.55.